The van der Waals surface area contributed by atoms with Crippen LogP contribution in [0.2, 0.25) is 5.15 Å². The Kier molecular flexibility index (Phi) is 5.55. The summed E-state index contributed by atoms with van der Waals surface area (Å²) in [7, 11) is 0. The van der Waals surface area contributed by atoms with Crippen molar-refractivity contribution in [2.75, 3.05) is 18.6 Å². The summed E-state index contributed by atoms with van der Waals surface area (Å²) in [6.45, 7) is 0.548. The third kappa shape index (κ3) is 3.98. The minimum Gasteiger partial charge on any atom is -0.352 e. The Bertz CT molecular complexity index is 376. The molecule has 0 bridgehead atoms. The maximum Gasteiger partial charge on any atom is 0.254 e. The third-order valence-electron chi connectivity index (χ3n) is 1.86. The number of carbonyl (C=O) groups excluding carboxylic acids is 1. The van der Waals surface area contributed by atoms with Crippen molar-refractivity contribution in [1.82, 2.24) is 10.3 Å². The fraction of sp³-hybridized carbons (Fsp3) is 0.400. The van der Waals surface area contributed by atoms with Crippen LogP contribution in [0.15, 0.2) is 12.3 Å². The van der Waals surface area contributed by atoms with Crippen molar-refractivity contribution in [3.63, 3.8) is 0 Å². The van der Waals surface area contributed by atoms with Crippen LogP contribution in [0, 0.1) is 5.82 Å². The fourth-order valence-electron chi connectivity index (χ4n) is 1.10. The number of hydrogen-bond acceptors (Lipinski definition) is 3. The van der Waals surface area contributed by atoms with Crippen LogP contribution in [0.5, 0.6) is 0 Å². The highest BCUT2D eigenvalue weighted by atomic mass is 35.5. The summed E-state index contributed by atoms with van der Waals surface area (Å²) < 4.78 is 12.8. The van der Waals surface area contributed by atoms with E-state index in [9.17, 15) is 9.18 Å². The molecule has 0 saturated heterocycles. The van der Waals surface area contributed by atoms with Crippen molar-refractivity contribution in [3.05, 3.63) is 28.8 Å². The van der Waals surface area contributed by atoms with Crippen LogP contribution >= 0.6 is 23.4 Å². The monoisotopic (exact) mass is 262 g/mol. The maximum atomic E-state index is 12.8. The van der Waals surface area contributed by atoms with Gasteiger partial charge in [0.1, 0.15) is 11.0 Å². The van der Waals surface area contributed by atoms with Gasteiger partial charge in [0, 0.05) is 6.54 Å². The Labute approximate surface area is 103 Å². The molecule has 0 atom stereocenters. The molecule has 0 unspecified atom stereocenters. The van der Waals surface area contributed by atoms with E-state index < -0.39 is 11.7 Å². The van der Waals surface area contributed by atoms with E-state index in [1.54, 1.807) is 11.8 Å². The molecule has 0 spiro atoms. The quantitative estimate of drug-likeness (QED) is 0.654. The van der Waals surface area contributed by atoms with Gasteiger partial charge in [-0.3, -0.25) is 4.79 Å². The zero-order valence-electron chi connectivity index (χ0n) is 8.80. The number of halogens is 2. The number of amides is 1. The molecule has 1 N–H and O–H groups in total. The molecule has 1 amide bonds. The molecule has 16 heavy (non-hydrogen) atoms. The number of aromatic nitrogens is 1. The minimum absolute atomic E-state index is 0.0174. The predicted molar refractivity (Wildman–Crippen MR) is 64.5 cm³/mol. The van der Waals surface area contributed by atoms with Crippen molar-refractivity contribution in [1.29, 1.82) is 0 Å². The summed E-state index contributed by atoms with van der Waals surface area (Å²) >= 11 is 7.39. The summed E-state index contributed by atoms with van der Waals surface area (Å²) in [5.41, 5.74) is 0.0748. The Morgan fingerprint density at radius 3 is 3.12 bits per heavy atom. The standard InChI is InChI=1S/C10H12ClFN2OS/c1-16-4-2-3-13-10(15)8-5-7(12)6-14-9(8)11/h5-6H,2-4H2,1H3,(H,13,15). The number of nitrogens with one attached hydrogen (secondary N) is 1. The normalized spacial score (nSPS) is 10.2. The lowest BCUT2D eigenvalue weighted by molar-refractivity contribution is 0.0953. The van der Waals surface area contributed by atoms with Crippen molar-refractivity contribution in [2.24, 2.45) is 0 Å². The Hall–Kier alpha value is -0.810. The van der Waals surface area contributed by atoms with Gasteiger partial charge in [-0.25, -0.2) is 9.37 Å². The second-order valence-corrected chi connectivity index (χ2v) is 4.44. The Morgan fingerprint density at radius 2 is 2.44 bits per heavy atom. The van der Waals surface area contributed by atoms with Gasteiger partial charge < -0.3 is 5.32 Å². The van der Waals surface area contributed by atoms with Crippen molar-refractivity contribution >= 4 is 29.3 Å². The van der Waals surface area contributed by atoms with Gasteiger partial charge in [-0.05, 0) is 24.5 Å². The van der Waals surface area contributed by atoms with Crippen LogP contribution in [-0.2, 0) is 0 Å². The fourth-order valence-corrected chi connectivity index (χ4v) is 1.72. The highest BCUT2D eigenvalue weighted by molar-refractivity contribution is 7.98. The van der Waals surface area contributed by atoms with Crippen LogP contribution in [0.3, 0.4) is 0 Å². The van der Waals surface area contributed by atoms with Gasteiger partial charge in [0.2, 0.25) is 0 Å². The van der Waals surface area contributed by atoms with Gasteiger partial charge in [0.05, 0.1) is 11.8 Å². The first-order valence-corrected chi connectivity index (χ1v) is 6.50. The Morgan fingerprint density at radius 1 is 1.69 bits per heavy atom. The highest BCUT2D eigenvalue weighted by Crippen LogP contribution is 2.13. The van der Waals surface area contributed by atoms with Gasteiger partial charge in [0.25, 0.3) is 5.91 Å². The number of nitrogens with zero attached hydrogens (tertiary/aromatic N) is 1. The molecule has 0 aliphatic rings. The largest absolute Gasteiger partial charge is 0.352 e. The molecule has 1 aromatic rings. The van der Waals surface area contributed by atoms with E-state index >= 15 is 0 Å². The zero-order valence-corrected chi connectivity index (χ0v) is 10.4. The van der Waals surface area contributed by atoms with Crippen LogP contribution in [0.1, 0.15) is 16.8 Å². The highest BCUT2D eigenvalue weighted by Gasteiger charge is 2.11. The molecular formula is C10H12ClFN2OS. The van der Waals surface area contributed by atoms with E-state index in [2.05, 4.69) is 10.3 Å². The van der Waals surface area contributed by atoms with Crippen LogP contribution < -0.4 is 5.32 Å². The average molecular weight is 263 g/mol. The van der Waals surface area contributed by atoms with E-state index in [0.29, 0.717) is 6.54 Å². The second kappa shape index (κ2) is 6.70. The topological polar surface area (TPSA) is 42.0 Å². The molecule has 0 aliphatic carbocycles. The second-order valence-electron chi connectivity index (χ2n) is 3.09. The van der Waals surface area contributed by atoms with Crippen molar-refractivity contribution in [2.45, 2.75) is 6.42 Å². The number of hydrogen-bond donors (Lipinski definition) is 1. The lowest BCUT2D eigenvalue weighted by Crippen LogP contribution is -2.25. The Balaban J connectivity index is 2.55. The van der Waals surface area contributed by atoms with E-state index in [0.717, 1.165) is 24.4 Å². The average Bonchev–Trinajstić information content (AvgIpc) is 2.27. The number of thioether (sulfide) groups is 1. The van der Waals surface area contributed by atoms with Crippen LogP contribution in [0.4, 0.5) is 4.39 Å². The van der Waals surface area contributed by atoms with Crippen LogP contribution in [0.25, 0.3) is 0 Å². The minimum atomic E-state index is -0.571. The molecule has 0 aromatic carbocycles. The molecule has 1 heterocycles. The lowest BCUT2D eigenvalue weighted by Gasteiger charge is -2.05. The van der Waals surface area contributed by atoms with E-state index in [1.807, 2.05) is 6.26 Å². The molecule has 1 aromatic heterocycles. The van der Waals surface area contributed by atoms with E-state index in [4.69, 9.17) is 11.6 Å². The number of pyridine rings is 1. The predicted octanol–water partition coefficient (Wildman–Crippen LogP) is 2.36. The summed E-state index contributed by atoms with van der Waals surface area (Å²) in [6, 6.07) is 1.08. The van der Waals surface area contributed by atoms with Crippen molar-refractivity contribution < 1.29 is 9.18 Å². The van der Waals surface area contributed by atoms with Gasteiger partial charge in [-0.15, -0.1) is 0 Å². The molecule has 0 radical (unpaired) electrons. The van der Waals surface area contributed by atoms with Crippen molar-refractivity contribution in [3.8, 4) is 0 Å². The third-order valence-corrected chi connectivity index (χ3v) is 2.86. The van der Waals surface area contributed by atoms with Gasteiger partial charge in [-0.1, -0.05) is 11.6 Å². The SMILES string of the molecule is CSCCCNC(=O)c1cc(F)cnc1Cl. The summed E-state index contributed by atoms with van der Waals surface area (Å²) in [6.07, 6.45) is 3.84. The van der Waals surface area contributed by atoms with E-state index in [1.165, 1.54) is 0 Å². The van der Waals surface area contributed by atoms with Gasteiger partial charge in [0.15, 0.2) is 0 Å². The first kappa shape index (κ1) is 13.3. The molecule has 0 aliphatic heterocycles. The van der Waals surface area contributed by atoms with Crippen LogP contribution in [-0.4, -0.2) is 29.4 Å². The zero-order chi connectivity index (χ0) is 12.0. The molecule has 6 heteroatoms. The smallest absolute Gasteiger partial charge is 0.254 e. The maximum absolute atomic E-state index is 12.8. The number of carbonyl (C=O) groups is 1. The first-order chi connectivity index (χ1) is 7.65. The molecular weight excluding hydrogens is 251 g/mol. The molecule has 3 nitrogen and oxygen atoms in total. The summed E-state index contributed by atoms with van der Waals surface area (Å²) in [5.74, 6) is 0.00634. The molecule has 1 rings (SSSR count). The summed E-state index contributed by atoms with van der Waals surface area (Å²) in [4.78, 5) is 15.1. The molecule has 0 fully saturated rings. The van der Waals surface area contributed by atoms with E-state index in [-0.39, 0.29) is 10.7 Å². The van der Waals surface area contributed by atoms with Gasteiger partial charge in [-0.2, -0.15) is 11.8 Å². The molecule has 88 valence electrons. The molecule has 0 saturated carbocycles. The lowest BCUT2D eigenvalue weighted by atomic mass is 10.2. The first-order valence-electron chi connectivity index (χ1n) is 4.73. The van der Waals surface area contributed by atoms with Gasteiger partial charge >= 0.3 is 0 Å². The summed E-state index contributed by atoms with van der Waals surface area (Å²) in [5, 5.41) is 2.68. The number of rotatable bonds is 5.